The Kier molecular flexibility index (Phi) is 8.24. The molecule has 0 aliphatic heterocycles. The molecule has 0 spiro atoms. The summed E-state index contributed by atoms with van der Waals surface area (Å²) >= 11 is 0. The molecule has 40 heavy (non-hydrogen) atoms. The van der Waals surface area contributed by atoms with Crippen LogP contribution in [-0.4, -0.2) is 38.0 Å². The Morgan fingerprint density at radius 2 is 1.68 bits per heavy atom. The fraction of sp³-hybridized carbons (Fsp3) is 0.207. The van der Waals surface area contributed by atoms with Crippen LogP contribution in [-0.2, 0) is 10.0 Å². The van der Waals surface area contributed by atoms with Crippen molar-refractivity contribution in [1.82, 2.24) is 14.7 Å². The van der Waals surface area contributed by atoms with Gasteiger partial charge in [-0.05, 0) is 81.3 Å². The first-order valence-electron chi connectivity index (χ1n) is 12.4. The van der Waals surface area contributed by atoms with E-state index in [2.05, 4.69) is 9.97 Å². The van der Waals surface area contributed by atoms with E-state index in [1.54, 1.807) is 31.4 Å². The van der Waals surface area contributed by atoms with Crippen LogP contribution in [0, 0.1) is 20.8 Å². The highest BCUT2D eigenvalue weighted by atomic mass is 32.2. The molecule has 0 aliphatic carbocycles. The molecule has 1 amide bonds. The first-order chi connectivity index (χ1) is 19.0. The molecule has 0 aliphatic rings. The minimum atomic E-state index is -4.33. The summed E-state index contributed by atoms with van der Waals surface area (Å²) in [6, 6.07) is 16.4. The summed E-state index contributed by atoms with van der Waals surface area (Å²) in [6.07, 6.45) is 0. The average Bonchev–Trinajstić information content (AvgIpc) is 2.90. The number of nitrogens with two attached hydrogens (primary N) is 1. The summed E-state index contributed by atoms with van der Waals surface area (Å²) in [6.45, 7) is 8.03. The number of hydrogen-bond acceptors (Lipinski definition) is 9. The molecule has 0 fully saturated rings. The molecule has 0 saturated heterocycles. The summed E-state index contributed by atoms with van der Waals surface area (Å²) < 4.78 is 45.1. The third kappa shape index (κ3) is 6.15. The van der Waals surface area contributed by atoms with Gasteiger partial charge in [0.1, 0.15) is 17.1 Å². The molecule has 3 N–H and O–H groups in total. The van der Waals surface area contributed by atoms with Gasteiger partial charge in [-0.1, -0.05) is 23.8 Å². The molecule has 4 aromatic rings. The zero-order valence-corrected chi connectivity index (χ0v) is 23.6. The van der Waals surface area contributed by atoms with Crippen molar-refractivity contribution in [3.05, 3.63) is 82.9 Å². The number of benzene rings is 2. The number of nitrogen functional groups attached to an aromatic ring is 1. The molecular formula is C29H30N4O6S. The topological polar surface area (TPSA) is 143 Å². The van der Waals surface area contributed by atoms with Crippen LogP contribution in [0.4, 0.5) is 5.82 Å². The number of pyridine rings is 2. The van der Waals surface area contributed by atoms with E-state index in [1.807, 2.05) is 44.5 Å². The molecule has 0 saturated carbocycles. The lowest BCUT2D eigenvalue weighted by Gasteiger charge is -2.16. The van der Waals surface area contributed by atoms with Gasteiger partial charge in [-0.25, -0.2) is 14.7 Å². The summed E-state index contributed by atoms with van der Waals surface area (Å²) in [5.41, 5.74) is 9.39. The molecule has 0 unspecified atom stereocenters. The number of amides is 1. The quantitative estimate of drug-likeness (QED) is 0.289. The van der Waals surface area contributed by atoms with Gasteiger partial charge < -0.3 is 19.9 Å². The predicted molar refractivity (Wildman–Crippen MR) is 151 cm³/mol. The second-order valence-electron chi connectivity index (χ2n) is 9.01. The van der Waals surface area contributed by atoms with Crippen molar-refractivity contribution in [2.45, 2.75) is 32.7 Å². The largest absolute Gasteiger partial charge is 0.493 e. The Bertz CT molecular complexity index is 1670. The van der Waals surface area contributed by atoms with Gasteiger partial charge in [0.15, 0.2) is 16.5 Å². The number of carbonyl (C=O) groups excluding carboxylic acids is 1. The second-order valence-corrected chi connectivity index (χ2v) is 10.6. The van der Waals surface area contributed by atoms with E-state index >= 15 is 0 Å². The lowest BCUT2D eigenvalue weighted by molar-refractivity contribution is 0.0978. The van der Waals surface area contributed by atoms with Crippen molar-refractivity contribution in [3.8, 4) is 34.4 Å². The summed E-state index contributed by atoms with van der Waals surface area (Å²) in [7, 11) is -2.78. The van der Waals surface area contributed by atoms with E-state index in [0.717, 1.165) is 16.7 Å². The van der Waals surface area contributed by atoms with Crippen LogP contribution in [0.25, 0.3) is 11.3 Å². The van der Waals surface area contributed by atoms with E-state index in [0.29, 0.717) is 35.1 Å². The fourth-order valence-corrected chi connectivity index (χ4v) is 5.13. The van der Waals surface area contributed by atoms with Gasteiger partial charge in [0.25, 0.3) is 15.9 Å². The Labute approximate surface area is 233 Å². The monoisotopic (exact) mass is 562 g/mol. The number of ether oxygens (including phenoxy) is 3. The predicted octanol–water partition coefficient (Wildman–Crippen LogP) is 4.97. The molecule has 2 aromatic heterocycles. The first kappa shape index (κ1) is 28.4. The Hall–Kier alpha value is -4.64. The Morgan fingerprint density at radius 3 is 2.33 bits per heavy atom. The number of anilines is 1. The molecule has 2 heterocycles. The maximum atomic E-state index is 13.3. The molecular weight excluding hydrogens is 532 g/mol. The third-order valence-corrected chi connectivity index (χ3v) is 7.15. The molecule has 208 valence electrons. The van der Waals surface area contributed by atoms with Crippen LogP contribution in [0.5, 0.6) is 23.1 Å². The normalized spacial score (nSPS) is 11.1. The standard InChI is InChI=1S/C29H30N4O6S/c1-6-38-24-16-20(10-13-23(24)37-5)22-12-11-21(28(34)33-40(35,36)26-9-7-8-25(30)32-26)29(31-22)39-27-18(3)14-17(2)15-19(27)4/h7-16H,6H2,1-5H3,(H2,30,32)(H,33,34). The lowest BCUT2D eigenvalue weighted by Crippen LogP contribution is -2.31. The lowest BCUT2D eigenvalue weighted by atomic mass is 10.1. The van der Waals surface area contributed by atoms with E-state index < -0.39 is 15.9 Å². The highest BCUT2D eigenvalue weighted by Gasteiger charge is 2.25. The summed E-state index contributed by atoms with van der Waals surface area (Å²) in [5.74, 6) is 0.583. The Morgan fingerprint density at radius 1 is 0.950 bits per heavy atom. The number of nitrogens with one attached hydrogen (secondary N) is 1. The van der Waals surface area contributed by atoms with Crippen LogP contribution < -0.4 is 24.7 Å². The summed E-state index contributed by atoms with van der Waals surface area (Å²) in [5, 5.41) is -0.389. The highest BCUT2D eigenvalue weighted by molar-refractivity contribution is 7.90. The molecule has 11 heteroatoms. The van der Waals surface area contributed by atoms with Crippen molar-refractivity contribution < 1.29 is 27.4 Å². The minimum Gasteiger partial charge on any atom is -0.493 e. The second kappa shape index (κ2) is 11.6. The van der Waals surface area contributed by atoms with Crippen LogP contribution >= 0.6 is 0 Å². The smallest absolute Gasteiger partial charge is 0.281 e. The molecule has 2 aromatic carbocycles. The number of aromatic nitrogens is 2. The molecule has 0 radical (unpaired) electrons. The van der Waals surface area contributed by atoms with Gasteiger partial charge in [-0.3, -0.25) is 4.79 Å². The zero-order chi connectivity index (χ0) is 29.0. The number of hydrogen-bond donors (Lipinski definition) is 2. The molecule has 0 bridgehead atoms. The van der Waals surface area contributed by atoms with Crippen molar-refractivity contribution in [1.29, 1.82) is 0 Å². The van der Waals surface area contributed by atoms with E-state index in [9.17, 15) is 13.2 Å². The first-order valence-corrected chi connectivity index (χ1v) is 13.9. The zero-order valence-electron chi connectivity index (χ0n) is 22.8. The van der Waals surface area contributed by atoms with Crippen molar-refractivity contribution in [2.75, 3.05) is 19.5 Å². The SMILES string of the molecule is CCOc1cc(-c2ccc(C(=O)NS(=O)(=O)c3cccc(N)n3)c(Oc3c(C)cc(C)cc3C)n2)ccc1OC. The van der Waals surface area contributed by atoms with Crippen molar-refractivity contribution in [3.63, 3.8) is 0 Å². The number of nitrogens with zero attached hydrogens (tertiary/aromatic N) is 2. The van der Waals surface area contributed by atoms with Crippen LogP contribution in [0.3, 0.4) is 0 Å². The highest BCUT2D eigenvalue weighted by Crippen LogP contribution is 2.35. The van der Waals surface area contributed by atoms with Gasteiger partial charge in [0.2, 0.25) is 5.88 Å². The molecule has 0 atom stereocenters. The molecule has 10 nitrogen and oxygen atoms in total. The van der Waals surface area contributed by atoms with Gasteiger partial charge in [0.05, 0.1) is 19.4 Å². The van der Waals surface area contributed by atoms with Gasteiger partial charge in [-0.2, -0.15) is 8.42 Å². The fourth-order valence-electron chi connectivity index (χ4n) is 4.19. The van der Waals surface area contributed by atoms with Crippen LogP contribution in [0.15, 0.2) is 65.7 Å². The van der Waals surface area contributed by atoms with E-state index in [1.165, 1.54) is 24.3 Å². The molecule has 4 rings (SSSR count). The number of sulfonamides is 1. The number of methoxy groups -OCH3 is 1. The van der Waals surface area contributed by atoms with Crippen LogP contribution in [0.2, 0.25) is 0 Å². The number of aryl methyl sites for hydroxylation is 3. The maximum Gasteiger partial charge on any atom is 0.281 e. The number of carbonyl (C=O) groups is 1. The summed E-state index contributed by atoms with van der Waals surface area (Å²) in [4.78, 5) is 21.8. The van der Waals surface area contributed by atoms with Gasteiger partial charge >= 0.3 is 0 Å². The Balaban J connectivity index is 1.80. The minimum absolute atomic E-state index is 0.00148. The van der Waals surface area contributed by atoms with Crippen LogP contribution in [0.1, 0.15) is 34.0 Å². The van der Waals surface area contributed by atoms with Gasteiger partial charge in [0, 0.05) is 5.56 Å². The van der Waals surface area contributed by atoms with Crippen molar-refractivity contribution in [2.24, 2.45) is 0 Å². The van der Waals surface area contributed by atoms with Crippen molar-refractivity contribution >= 4 is 21.7 Å². The average molecular weight is 563 g/mol. The van der Waals surface area contributed by atoms with Gasteiger partial charge in [-0.15, -0.1) is 0 Å². The maximum absolute atomic E-state index is 13.3. The number of rotatable bonds is 9. The van der Waals surface area contributed by atoms with E-state index in [4.69, 9.17) is 19.9 Å². The van der Waals surface area contributed by atoms with E-state index in [-0.39, 0.29) is 22.3 Å². The third-order valence-electron chi connectivity index (χ3n) is 5.92.